The van der Waals surface area contributed by atoms with Gasteiger partial charge in [0.2, 0.25) is 5.91 Å². The summed E-state index contributed by atoms with van der Waals surface area (Å²) >= 11 is 8.20. The molecular weight excluding hydrogens is 408 g/mol. The van der Waals surface area contributed by atoms with Crippen molar-refractivity contribution in [3.63, 3.8) is 0 Å². The van der Waals surface area contributed by atoms with E-state index in [2.05, 4.69) is 11.2 Å². The second kappa shape index (κ2) is 9.64. The maximum Gasteiger partial charge on any atom is 0.240 e. The van der Waals surface area contributed by atoms with Crippen LogP contribution in [-0.2, 0) is 4.79 Å². The van der Waals surface area contributed by atoms with E-state index >= 15 is 0 Å². The highest BCUT2D eigenvalue weighted by molar-refractivity contribution is 8.02. The van der Waals surface area contributed by atoms with Crippen molar-refractivity contribution in [3.8, 4) is 11.8 Å². The summed E-state index contributed by atoms with van der Waals surface area (Å²) in [5.41, 5.74) is 1.69. The summed E-state index contributed by atoms with van der Waals surface area (Å²) in [7, 11) is 0. The molecule has 0 N–H and O–H groups in total. The molecule has 0 bridgehead atoms. The Balaban J connectivity index is 1.78. The first kappa shape index (κ1) is 20.3. The summed E-state index contributed by atoms with van der Waals surface area (Å²) in [5, 5.41) is 13.2. The largest absolute Gasteiger partial charge is 0.310 e. The van der Waals surface area contributed by atoms with Crippen LogP contribution in [0.1, 0.15) is 13.3 Å². The summed E-state index contributed by atoms with van der Waals surface area (Å²) in [4.78, 5) is 14.7. The van der Waals surface area contributed by atoms with Crippen LogP contribution in [0.15, 0.2) is 65.0 Å². The van der Waals surface area contributed by atoms with E-state index in [1.165, 1.54) is 23.1 Å². The van der Waals surface area contributed by atoms with Crippen molar-refractivity contribution in [1.82, 2.24) is 9.78 Å². The fourth-order valence-electron chi connectivity index (χ4n) is 2.60. The molecule has 5 nitrogen and oxygen atoms in total. The minimum atomic E-state index is -0.358. The molecule has 1 aromatic heterocycles. The molecule has 1 atom stereocenters. The summed E-state index contributed by atoms with van der Waals surface area (Å²) in [6.07, 6.45) is 0.277. The number of nitriles is 1. The van der Waals surface area contributed by atoms with Crippen LogP contribution in [0.3, 0.4) is 0 Å². The standard InChI is InChI=1S/C20H18N4OS3/c1-15(18(25)23(14-8-13-21)16-9-4-2-5-10-16)27-19-22-24(20(26)28-19)17-11-6-3-7-12-17/h2-7,9-12,15H,8,14H2,1H3/t15-/m1/s1. The lowest BCUT2D eigenvalue weighted by Crippen LogP contribution is -2.37. The predicted molar refractivity (Wildman–Crippen MR) is 117 cm³/mol. The average Bonchev–Trinajstić information content (AvgIpc) is 3.09. The zero-order valence-electron chi connectivity index (χ0n) is 15.2. The predicted octanol–water partition coefficient (Wildman–Crippen LogP) is 5.09. The van der Waals surface area contributed by atoms with Crippen LogP contribution in [0.4, 0.5) is 5.69 Å². The molecule has 0 spiro atoms. The van der Waals surface area contributed by atoms with Crippen molar-refractivity contribution >= 4 is 46.9 Å². The SMILES string of the molecule is C[C@@H](Sc1nn(-c2ccccc2)c(=S)s1)C(=O)N(CCC#N)c1ccccc1. The average molecular weight is 427 g/mol. The summed E-state index contributed by atoms with van der Waals surface area (Å²) < 4.78 is 3.09. The van der Waals surface area contributed by atoms with Gasteiger partial charge in [-0.1, -0.05) is 59.5 Å². The van der Waals surface area contributed by atoms with E-state index in [1.807, 2.05) is 67.6 Å². The molecule has 0 saturated heterocycles. The minimum absolute atomic E-state index is 0.0566. The van der Waals surface area contributed by atoms with Gasteiger partial charge in [-0.2, -0.15) is 5.26 Å². The van der Waals surface area contributed by atoms with Gasteiger partial charge in [0.05, 0.1) is 23.4 Å². The maximum absolute atomic E-state index is 13.1. The molecule has 0 saturated carbocycles. The highest BCUT2D eigenvalue weighted by Gasteiger charge is 2.24. The van der Waals surface area contributed by atoms with Gasteiger partial charge >= 0.3 is 0 Å². The number of rotatable bonds is 7. The number of benzene rings is 2. The van der Waals surface area contributed by atoms with Crippen LogP contribution in [0.2, 0.25) is 0 Å². The second-order valence-corrected chi connectivity index (χ2v) is 9.09. The second-order valence-electron chi connectivity index (χ2n) is 5.87. The first-order chi connectivity index (χ1) is 13.6. The highest BCUT2D eigenvalue weighted by atomic mass is 32.2. The van der Waals surface area contributed by atoms with E-state index in [1.54, 1.807) is 9.58 Å². The van der Waals surface area contributed by atoms with Gasteiger partial charge in [-0.05, 0) is 43.4 Å². The zero-order valence-corrected chi connectivity index (χ0v) is 17.6. The number of hydrogen-bond donors (Lipinski definition) is 0. The Labute approximate surface area is 177 Å². The van der Waals surface area contributed by atoms with Crippen LogP contribution in [0, 0.1) is 15.3 Å². The quantitative estimate of drug-likeness (QED) is 0.389. The summed E-state index contributed by atoms with van der Waals surface area (Å²) in [6.45, 7) is 2.21. The van der Waals surface area contributed by atoms with Gasteiger partial charge in [-0.15, -0.1) is 5.10 Å². The lowest BCUT2D eigenvalue weighted by atomic mass is 10.2. The van der Waals surface area contributed by atoms with E-state index in [4.69, 9.17) is 17.5 Å². The Hall–Kier alpha value is -2.47. The maximum atomic E-state index is 13.1. The van der Waals surface area contributed by atoms with Gasteiger partial charge in [0, 0.05) is 12.2 Å². The molecule has 1 amide bonds. The molecule has 0 aliphatic rings. The van der Waals surface area contributed by atoms with Crippen LogP contribution in [0.25, 0.3) is 5.69 Å². The number of aromatic nitrogens is 2. The van der Waals surface area contributed by atoms with Crippen LogP contribution < -0.4 is 4.90 Å². The lowest BCUT2D eigenvalue weighted by Gasteiger charge is -2.24. The van der Waals surface area contributed by atoms with E-state index in [9.17, 15) is 4.79 Å². The van der Waals surface area contributed by atoms with Crippen LogP contribution in [0.5, 0.6) is 0 Å². The van der Waals surface area contributed by atoms with Gasteiger partial charge in [-0.25, -0.2) is 4.68 Å². The minimum Gasteiger partial charge on any atom is -0.310 e. The van der Waals surface area contributed by atoms with Crippen molar-refractivity contribution in [2.45, 2.75) is 22.9 Å². The Bertz CT molecular complexity index is 1020. The number of para-hydroxylation sites is 2. The molecular formula is C20H18N4OS3. The van der Waals surface area contributed by atoms with Crippen molar-refractivity contribution in [1.29, 1.82) is 5.26 Å². The summed E-state index contributed by atoms with van der Waals surface area (Å²) in [5.74, 6) is -0.0566. The molecule has 1 heterocycles. The summed E-state index contributed by atoms with van der Waals surface area (Å²) in [6, 6.07) is 21.2. The van der Waals surface area contributed by atoms with Crippen molar-refractivity contribution < 1.29 is 4.79 Å². The number of hydrogen-bond acceptors (Lipinski definition) is 6. The van der Waals surface area contributed by atoms with Crippen molar-refractivity contribution in [2.24, 2.45) is 0 Å². The van der Waals surface area contributed by atoms with E-state index in [0.29, 0.717) is 10.5 Å². The van der Waals surface area contributed by atoms with E-state index in [0.717, 1.165) is 15.7 Å². The Kier molecular flexibility index (Phi) is 6.98. The molecule has 2 aromatic carbocycles. The monoisotopic (exact) mass is 426 g/mol. The van der Waals surface area contributed by atoms with Crippen LogP contribution >= 0.6 is 35.3 Å². The normalized spacial score (nSPS) is 11.6. The number of amides is 1. The Morgan fingerprint density at radius 3 is 2.54 bits per heavy atom. The molecule has 0 aliphatic heterocycles. The van der Waals surface area contributed by atoms with E-state index in [-0.39, 0.29) is 17.6 Å². The zero-order chi connectivity index (χ0) is 19.9. The topological polar surface area (TPSA) is 61.9 Å². The third kappa shape index (κ3) is 4.87. The Morgan fingerprint density at radius 2 is 1.89 bits per heavy atom. The molecule has 3 rings (SSSR count). The number of carbonyl (C=O) groups excluding carboxylic acids is 1. The smallest absolute Gasteiger partial charge is 0.240 e. The number of nitrogens with zero attached hydrogens (tertiary/aromatic N) is 4. The molecule has 28 heavy (non-hydrogen) atoms. The Morgan fingerprint density at radius 1 is 1.25 bits per heavy atom. The first-order valence-corrected chi connectivity index (χ1v) is 10.8. The molecule has 142 valence electrons. The first-order valence-electron chi connectivity index (χ1n) is 8.66. The van der Waals surface area contributed by atoms with Gasteiger partial charge in [0.15, 0.2) is 8.29 Å². The van der Waals surface area contributed by atoms with Gasteiger partial charge < -0.3 is 4.90 Å². The highest BCUT2D eigenvalue weighted by Crippen LogP contribution is 2.29. The molecule has 3 aromatic rings. The van der Waals surface area contributed by atoms with Gasteiger partial charge in [-0.3, -0.25) is 4.79 Å². The van der Waals surface area contributed by atoms with E-state index < -0.39 is 0 Å². The third-order valence-electron chi connectivity index (χ3n) is 3.94. The number of carbonyl (C=O) groups is 1. The lowest BCUT2D eigenvalue weighted by molar-refractivity contribution is -0.117. The van der Waals surface area contributed by atoms with Gasteiger partial charge in [0.1, 0.15) is 0 Å². The number of thioether (sulfide) groups is 1. The number of anilines is 1. The fourth-order valence-corrected chi connectivity index (χ4v) is 5.17. The molecule has 0 unspecified atom stereocenters. The third-order valence-corrected chi connectivity index (χ3v) is 6.34. The molecule has 0 aliphatic carbocycles. The molecule has 0 radical (unpaired) electrons. The fraction of sp³-hybridized carbons (Fsp3) is 0.200. The van der Waals surface area contributed by atoms with Crippen molar-refractivity contribution in [2.75, 3.05) is 11.4 Å². The molecule has 0 fully saturated rings. The van der Waals surface area contributed by atoms with Crippen molar-refractivity contribution in [3.05, 3.63) is 64.6 Å². The van der Waals surface area contributed by atoms with Crippen LogP contribution in [-0.4, -0.2) is 27.5 Å². The van der Waals surface area contributed by atoms with Gasteiger partial charge in [0.25, 0.3) is 0 Å². The molecule has 8 heteroatoms.